The van der Waals surface area contributed by atoms with Crippen LogP contribution < -0.4 is 0 Å². The van der Waals surface area contributed by atoms with E-state index in [-0.39, 0.29) is 0 Å². The molecule has 4 nitrogen and oxygen atoms in total. The number of aryl methyl sites for hydroxylation is 2. The fourth-order valence-corrected chi connectivity index (χ4v) is 3.21. The molecule has 0 spiro atoms. The molecule has 1 aromatic heterocycles. The van der Waals surface area contributed by atoms with Gasteiger partial charge in [-0.3, -0.25) is 4.57 Å². The minimum Gasteiger partial charge on any atom is -0.276 e. The number of rotatable bonds is 4. The SMILES string of the molecule is Cc1ccc(C)c(-n2cnnc2SCc2cccc(C#N)c2)c1. The normalized spacial score (nSPS) is 10.5. The first-order valence-corrected chi connectivity index (χ1v) is 8.25. The number of thioether (sulfide) groups is 1. The summed E-state index contributed by atoms with van der Waals surface area (Å²) < 4.78 is 2.02. The highest BCUT2D eigenvalue weighted by molar-refractivity contribution is 7.98. The van der Waals surface area contributed by atoms with E-state index in [0.29, 0.717) is 5.56 Å². The summed E-state index contributed by atoms with van der Waals surface area (Å²) in [6, 6.07) is 16.2. The third kappa shape index (κ3) is 3.43. The molecule has 3 rings (SSSR count). The van der Waals surface area contributed by atoms with Crippen molar-refractivity contribution in [2.24, 2.45) is 0 Å². The van der Waals surface area contributed by atoms with E-state index in [2.05, 4.69) is 48.3 Å². The Labute approximate surface area is 139 Å². The summed E-state index contributed by atoms with van der Waals surface area (Å²) in [6.07, 6.45) is 1.75. The molecule has 1 heterocycles. The summed E-state index contributed by atoms with van der Waals surface area (Å²) in [7, 11) is 0. The Hall–Kier alpha value is -2.58. The molecule has 0 saturated carbocycles. The van der Waals surface area contributed by atoms with Crippen molar-refractivity contribution in [2.75, 3.05) is 0 Å². The fourth-order valence-electron chi connectivity index (χ4n) is 2.35. The van der Waals surface area contributed by atoms with E-state index >= 15 is 0 Å². The van der Waals surface area contributed by atoms with E-state index in [1.807, 2.05) is 28.8 Å². The Bertz CT molecular complexity index is 877. The van der Waals surface area contributed by atoms with Gasteiger partial charge in [0.15, 0.2) is 5.16 Å². The van der Waals surface area contributed by atoms with Crippen molar-refractivity contribution in [1.82, 2.24) is 14.8 Å². The van der Waals surface area contributed by atoms with Gasteiger partial charge < -0.3 is 0 Å². The maximum atomic E-state index is 8.98. The Morgan fingerprint density at radius 3 is 2.87 bits per heavy atom. The van der Waals surface area contributed by atoms with Crippen LogP contribution in [0.5, 0.6) is 0 Å². The number of hydrogen-bond acceptors (Lipinski definition) is 4. The van der Waals surface area contributed by atoms with E-state index in [4.69, 9.17) is 5.26 Å². The summed E-state index contributed by atoms with van der Waals surface area (Å²) in [5, 5.41) is 18.1. The highest BCUT2D eigenvalue weighted by Gasteiger charge is 2.10. The van der Waals surface area contributed by atoms with Gasteiger partial charge in [-0.25, -0.2) is 0 Å². The predicted molar refractivity (Wildman–Crippen MR) is 91.6 cm³/mol. The van der Waals surface area contributed by atoms with Gasteiger partial charge in [-0.1, -0.05) is 36.0 Å². The highest BCUT2D eigenvalue weighted by atomic mass is 32.2. The van der Waals surface area contributed by atoms with Gasteiger partial charge in [-0.05, 0) is 48.7 Å². The van der Waals surface area contributed by atoms with Crippen molar-refractivity contribution in [1.29, 1.82) is 5.26 Å². The van der Waals surface area contributed by atoms with E-state index in [0.717, 1.165) is 22.2 Å². The molecule has 0 radical (unpaired) electrons. The average molecular weight is 320 g/mol. The maximum Gasteiger partial charge on any atom is 0.195 e. The molecule has 0 aliphatic heterocycles. The summed E-state index contributed by atoms with van der Waals surface area (Å²) in [5.74, 6) is 0.749. The van der Waals surface area contributed by atoms with E-state index in [9.17, 15) is 0 Å². The molecule has 0 unspecified atom stereocenters. The summed E-state index contributed by atoms with van der Waals surface area (Å²) >= 11 is 1.62. The molecule has 0 aliphatic rings. The van der Waals surface area contributed by atoms with Gasteiger partial charge in [0.1, 0.15) is 6.33 Å². The zero-order valence-electron chi connectivity index (χ0n) is 13.0. The Kier molecular flexibility index (Phi) is 4.45. The molecule has 23 heavy (non-hydrogen) atoms. The van der Waals surface area contributed by atoms with E-state index in [1.54, 1.807) is 18.1 Å². The third-order valence-corrected chi connectivity index (χ3v) is 4.58. The van der Waals surface area contributed by atoms with Gasteiger partial charge >= 0.3 is 0 Å². The van der Waals surface area contributed by atoms with Gasteiger partial charge in [-0.2, -0.15) is 5.26 Å². The Balaban J connectivity index is 1.84. The molecule has 114 valence electrons. The second kappa shape index (κ2) is 6.67. The lowest BCUT2D eigenvalue weighted by Crippen LogP contribution is -1.98. The van der Waals surface area contributed by atoms with Gasteiger partial charge in [0, 0.05) is 5.75 Å². The average Bonchev–Trinajstić information content (AvgIpc) is 3.03. The second-order valence-electron chi connectivity index (χ2n) is 5.37. The molecule has 0 amide bonds. The van der Waals surface area contributed by atoms with E-state index in [1.165, 1.54) is 11.1 Å². The summed E-state index contributed by atoms with van der Waals surface area (Å²) in [4.78, 5) is 0. The van der Waals surface area contributed by atoms with Crippen molar-refractivity contribution >= 4 is 11.8 Å². The number of aromatic nitrogens is 3. The van der Waals surface area contributed by atoms with Crippen LogP contribution in [0.25, 0.3) is 5.69 Å². The van der Waals surface area contributed by atoms with Crippen LogP contribution in [-0.4, -0.2) is 14.8 Å². The minimum atomic E-state index is 0.680. The Morgan fingerprint density at radius 2 is 2.04 bits per heavy atom. The van der Waals surface area contributed by atoms with Crippen molar-refractivity contribution in [3.63, 3.8) is 0 Å². The molecular formula is C18H16N4S. The molecule has 0 bridgehead atoms. The number of benzene rings is 2. The molecule has 5 heteroatoms. The largest absolute Gasteiger partial charge is 0.276 e. The lowest BCUT2D eigenvalue weighted by molar-refractivity contribution is 0.877. The van der Waals surface area contributed by atoms with Crippen molar-refractivity contribution in [3.05, 3.63) is 71.0 Å². The van der Waals surface area contributed by atoms with Crippen molar-refractivity contribution in [2.45, 2.75) is 24.8 Å². The number of nitrogens with zero attached hydrogens (tertiary/aromatic N) is 4. The van der Waals surface area contributed by atoms with Gasteiger partial charge in [0.05, 0.1) is 17.3 Å². The molecule has 2 aromatic carbocycles. The second-order valence-corrected chi connectivity index (χ2v) is 6.32. The molecule has 0 saturated heterocycles. The zero-order chi connectivity index (χ0) is 16.2. The maximum absolute atomic E-state index is 8.98. The standard InChI is InChI=1S/C18H16N4S/c1-13-6-7-14(2)17(8-13)22-12-20-21-18(22)23-11-16-5-3-4-15(9-16)10-19/h3-9,12H,11H2,1-2H3. The predicted octanol–water partition coefficient (Wildman–Crippen LogP) is 4.05. The van der Waals surface area contributed by atoms with Crippen molar-refractivity contribution < 1.29 is 0 Å². The zero-order valence-corrected chi connectivity index (χ0v) is 13.8. The number of nitriles is 1. The first-order chi connectivity index (χ1) is 11.2. The van der Waals surface area contributed by atoms with Crippen LogP contribution in [-0.2, 0) is 5.75 Å². The molecule has 0 fully saturated rings. The van der Waals surface area contributed by atoms with Crippen LogP contribution in [0.3, 0.4) is 0 Å². The van der Waals surface area contributed by atoms with Crippen LogP contribution in [0.4, 0.5) is 0 Å². The lowest BCUT2D eigenvalue weighted by Gasteiger charge is -2.10. The van der Waals surface area contributed by atoms with Crippen LogP contribution in [0, 0.1) is 25.2 Å². The van der Waals surface area contributed by atoms with Crippen LogP contribution in [0.15, 0.2) is 53.9 Å². The van der Waals surface area contributed by atoms with Crippen molar-refractivity contribution in [3.8, 4) is 11.8 Å². The smallest absolute Gasteiger partial charge is 0.195 e. The van der Waals surface area contributed by atoms with Crippen LogP contribution >= 0.6 is 11.8 Å². The first kappa shape index (κ1) is 15.3. The summed E-state index contributed by atoms with van der Waals surface area (Å²) in [6.45, 7) is 4.16. The Morgan fingerprint density at radius 1 is 1.17 bits per heavy atom. The van der Waals surface area contributed by atoms with Gasteiger partial charge in [0.25, 0.3) is 0 Å². The monoisotopic (exact) mass is 320 g/mol. The third-order valence-electron chi connectivity index (χ3n) is 3.56. The first-order valence-electron chi connectivity index (χ1n) is 7.27. The molecule has 0 aliphatic carbocycles. The molecular weight excluding hydrogens is 304 g/mol. The highest BCUT2D eigenvalue weighted by Crippen LogP contribution is 2.25. The number of hydrogen-bond donors (Lipinski definition) is 0. The van der Waals surface area contributed by atoms with Gasteiger partial charge in [0.2, 0.25) is 0 Å². The van der Waals surface area contributed by atoms with Gasteiger partial charge in [-0.15, -0.1) is 10.2 Å². The molecule has 0 N–H and O–H groups in total. The quantitative estimate of drug-likeness (QED) is 0.681. The molecule has 3 aromatic rings. The topological polar surface area (TPSA) is 54.5 Å². The van der Waals surface area contributed by atoms with Crippen LogP contribution in [0.1, 0.15) is 22.3 Å². The minimum absolute atomic E-state index is 0.680. The lowest BCUT2D eigenvalue weighted by atomic mass is 10.1. The van der Waals surface area contributed by atoms with E-state index < -0.39 is 0 Å². The van der Waals surface area contributed by atoms with Crippen LogP contribution in [0.2, 0.25) is 0 Å². The molecule has 0 atom stereocenters. The summed E-state index contributed by atoms with van der Waals surface area (Å²) in [5.41, 5.74) is 5.27. The fraction of sp³-hybridized carbons (Fsp3) is 0.167.